The Hall–Kier alpha value is -1.00. The van der Waals surface area contributed by atoms with E-state index >= 15 is 0 Å². The Labute approximate surface area is 59.0 Å². The van der Waals surface area contributed by atoms with E-state index in [1.54, 1.807) is 12.4 Å². The van der Waals surface area contributed by atoms with Gasteiger partial charge < -0.3 is 4.84 Å². The second-order valence-corrected chi connectivity index (χ2v) is 1.87. The lowest BCUT2D eigenvalue weighted by molar-refractivity contribution is 0.141. The molecule has 0 amide bonds. The van der Waals surface area contributed by atoms with E-state index in [0.717, 1.165) is 12.0 Å². The van der Waals surface area contributed by atoms with Gasteiger partial charge in [0.15, 0.2) is 0 Å². The molecule has 0 fully saturated rings. The van der Waals surface area contributed by atoms with Gasteiger partial charge in [0.05, 0.1) is 6.61 Å². The van der Waals surface area contributed by atoms with Gasteiger partial charge in [-0.1, -0.05) is 0 Å². The van der Waals surface area contributed by atoms with E-state index in [4.69, 9.17) is 5.90 Å². The largest absolute Gasteiger partial charge is 0.304 e. The zero-order valence-corrected chi connectivity index (χ0v) is 5.53. The first-order valence-electron chi connectivity index (χ1n) is 2.99. The highest BCUT2D eigenvalue weighted by molar-refractivity contribution is 5.01. The normalized spacial score (nSPS) is 9.70. The van der Waals surface area contributed by atoms with Crippen molar-refractivity contribution in [3.63, 3.8) is 0 Å². The maximum Gasteiger partial charge on any atom is 0.115 e. The van der Waals surface area contributed by atoms with Crippen LogP contribution in [0.15, 0.2) is 18.7 Å². The molecule has 0 aromatic carbocycles. The summed E-state index contributed by atoms with van der Waals surface area (Å²) in [6, 6.07) is 0. The summed E-state index contributed by atoms with van der Waals surface area (Å²) < 4.78 is 0. The minimum atomic E-state index is 0.507. The summed E-state index contributed by atoms with van der Waals surface area (Å²) in [5.41, 5.74) is 1.04. The molecule has 4 heteroatoms. The zero-order valence-electron chi connectivity index (χ0n) is 5.53. The monoisotopic (exact) mass is 139 g/mol. The molecule has 4 nitrogen and oxygen atoms in total. The lowest BCUT2D eigenvalue weighted by Crippen LogP contribution is -2.03. The molecule has 0 aliphatic heterocycles. The number of aromatic nitrogens is 2. The van der Waals surface area contributed by atoms with Crippen LogP contribution in [0.25, 0.3) is 0 Å². The van der Waals surface area contributed by atoms with Crippen LogP contribution in [-0.4, -0.2) is 16.6 Å². The van der Waals surface area contributed by atoms with Gasteiger partial charge in [0.2, 0.25) is 0 Å². The standard InChI is InChI=1S/C6H9N3O/c7-10-2-1-6-3-8-5-9-4-6/h3-5H,1-2,7H2. The fourth-order valence-electron chi connectivity index (χ4n) is 0.636. The predicted octanol–water partition coefficient (Wildman–Crippen LogP) is -0.0906. The van der Waals surface area contributed by atoms with Crippen LogP contribution in [0.5, 0.6) is 0 Å². The number of rotatable bonds is 3. The number of nitrogens with two attached hydrogens (primary N) is 1. The third-order valence-corrected chi connectivity index (χ3v) is 1.12. The molecule has 54 valence electrons. The van der Waals surface area contributed by atoms with Crippen LogP contribution in [0.3, 0.4) is 0 Å². The number of hydrogen-bond donors (Lipinski definition) is 1. The van der Waals surface area contributed by atoms with Gasteiger partial charge in [-0.25, -0.2) is 15.9 Å². The molecular weight excluding hydrogens is 130 g/mol. The second kappa shape index (κ2) is 3.92. The van der Waals surface area contributed by atoms with E-state index in [9.17, 15) is 0 Å². The molecule has 0 atom stereocenters. The van der Waals surface area contributed by atoms with Crippen molar-refractivity contribution in [2.24, 2.45) is 5.90 Å². The molecule has 0 saturated carbocycles. The number of nitrogens with zero attached hydrogens (tertiary/aromatic N) is 2. The molecular formula is C6H9N3O. The van der Waals surface area contributed by atoms with Crippen molar-refractivity contribution in [3.8, 4) is 0 Å². The maximum absolute atomic E-state index is 4.84. The highest BCUT2D eigenvalue weighted by atomic mass is 16.6. The molecule has 0 unspecified atom stereocenters. The van der Waals surface area contributed by atoms with E-state index in [1.165, 1.54) is 6.33 Å². The van der Waals surface area contributed by atoms with Gasteiger partial charge in [-0.3, -0.25) is 0 Å². The number of hydrogen-bond acceptors (Lipinski definition) is 4. The van der Waals surface area contributed by atoms with Crippen LogP contribution < -0.4 is 5.90 Å². The van der Waals surface area contributed by atoms with E-state index in [-0.39, 0.29) is 0 Å². The maximum atomic E-state index is 4.84. The minimum Gasteiger partial charge on any atom is -0.304 e. The van der Waals surface area contributed by atoms with Crippen molar-refractivity contribution in [1.29, 1.82) is 0 Å². The van der Waals surface area contributed by atoms with Crippen LogP contribution in [-0.2, 0) is 11.3 Å². The molecule has 0 bridgehead atoms. The van der Waals surface area contributed by atoms with Crippen LogP contribution in [0.1, 0.15) is 5.56 Å². The first-order valence-corrected chi connectivity index (χ1v) is 2.99. The molecule has 0 saturated heterocycles. The van der Waals surface area contributed by atoms with Crippen LogP contribution in [0.2, 0.25) is 0 Å². The fraction of sp³-hybridized carbons (Fsp3) is 0.333. The van der Waals surface area contributed by atoms with Gasteiger partial charge in [0, 0.05) is 18.8 Å². The summed E-state index contributed by atoms with van der Waals surface area (Å²) in [5, 5.41) is 0. The average molecular weight is 139 g/mol. The Balaban J connectivity index is 2.43. The van der Waals surface area contributed by atoms with E-state index < -0.39 is 0 Å². The van der Waals surface area contributed by atoms with E-state index in [2.05, 4.69) is 14.8 Å². The van der Waals surface area contributed by atoms with Gasteiger partial charge in [0.25, 0.3) is 0 Å². The van der Waals surface area contributed by atoms with Crippen molar-refractivity contribution in [2.45, 2.75) is 6.42 Å². The SMILES string of the molecule is NOCCc1cncnc1. The summed E-state index contributed by atoms with van der Waals surface area (Å²) in [7, 11) is 0. The van der Waals surface area contributed by atoms with E-state index in [1.807, 2.05) is 0 Å². The van der Waals surface area contributed by atoms with Gasteiger partial charge in [-0.2, -0.15) is 0 Å². The van der Waals surface area contributed by atoms with Crippen LogP contribution in [0.4, 0.5) is 0 Å². The molecule has 0 radical (unpaired) electrons. The lowest BCUT2D eigenvalue weighted by atomic mass is 10.3. The highest BCUT2D eigenvalue weighted by Gasteiger charge is 1.89. The summed E-state index contributed by atoms with van der Waals surface area (Å²) in [4.78, 5) is 12.1. The molecule has 10 heavy (non-hydrogen) atoms. The first kappa shape index (κ1) is 7.11. The smallest absolute Gasteiger partial charge is 0.115 e. The van der Waals surface area contributed by atoms with Crippen molar-refractivity contribution in [2.75, 3.05) is 6.61 Å². The quantitative estimate of drug-likeness (QED) is 0.594. The van der Waals surface area contributed by atoms with Crippen molar-refractivity contribution in [1.82, 2.24) is 9.97 Å². The average Bonchev–Trinajstić information content (AvgIpc) is 2.03. The van der Waals surface area contributed by atoms with Crippen molar-refractivity contribution < 1.29 is 4.84 Å². The van der Waals surface area contributed by atoms with Crippen molar-refractivity contribution in [3.05, 3.63) is 24.3 Å². The molecule has 1 aromatic rings. The van der Waals surface area contributed by atoms with Crippen LogP contribution >= 0.6 is 0 Å². The Morgan fingerprint density at radius 1 is 1.40 bits per heavy atom. The Morgan fingerprint density at radius 3 is 2.70 bits per heavy atom. The van der Waals surface area contributed by atoms with E-state index in [0.29, 0.717) is 6.61 Å². The highest BCUT2D eigenvalue weighted by Crippen LogP contribution is 1.92. The Bertz CT molecular complexity index is 178. The molecule has 0 spiro atoms. The second-order valence-electron chi connectivity index (χ2n) is 1.87. The molecule has 2 N–H and O–H groups in total. The van der Waals surface area contributed by atoms with Crippen molar-refractivity contribution >= 4 is 0 Å². The van der Waals surface area contributed by atoms with Gasteiger partial charge in [-0.05, 0) is 5.56 Å². The van der Waals surface area contributed by atoms with Gasteiger partial charge in [0.1, 0.15) is 6.33 Å². The molecule has 0 aliphatic carbocycles. The van der Waals surface area contributed by atoms with Crippen LogP contribution in [0, 0.1) is 0 Å². The fourth-order valence-corrected chi connectivity index (χ4v) is 0.636. The summed E-state index contributed by atoms with van der Waals surface area (Å²) >= 11 is 0. The Kier molecular flexibility index (Phi) is 2.79. The topological polar surface area (TPSA) is 61.0 Å². The summed E-state index contributed by atoms with van der Waals surface area (Å²) in [5.74, 6) is 4.84. The Morgan fingerprint density at radius 2 is 2.10 bits per heavy atom. The summed E-state index contributed by atoms with van der Waals surface area (Å²) in [6.45, 7) is 0.507. The molecule has 0 aliphatic rings. The third-order valence-electron chi connectivity index (χ3n) is 1.12. The molecule has 1 aromatic heterocycles. The van der Waals surface area contributed by atoms with Gasteiger partial charge in [-0.15, -0.1) is 0 Å². The predicted molar refractivity (Wildman–Crippen MR) is 35.9 cm³/mol. The molecule has 1 heterocycles. The third kappa shape index (κ3) is 2.08. The zero-order chi connectivity index (χ0) is 7.23. The van der Waals surface area contributed by atoms with Gasteiger partial charge >= 0.3 is 0 Å². The first-order chi connectivity index (χ1) is 4.93. The minimum absolute atomic E-state index is 0.507. The molecule has 1 rings (SSSR count). The lowest BCUT2D eigenvalue weighted by Gasteiger charge is -1.95. The summed E-state index contributed by atoms with van der Waals surface area (Å²) in [6.07, 6.45) is 5.74.